The van der Waals surface area contributed by atoms with Gasteiger partial charge in [0, 0.05) is 12.8 Å². The Morgan fingerprint density at radius 1 is 1.42 bits per heavy atom. The number of rotatable bonds is 1. The van der Waals surface area contributed by atoms with Crippen molar-refractivity contribution in [1.82, 2.24) is 0 Å². The van der Waals surface area contributed by atoms with Crippen molar-refractivity contribution in [2.45, 2.75) is 27.2 Å². The van der Waals surface area contributed by atoms with Crippen molar-refractivity contribution in [3.05, 3.63) is 29.9 Å². The maximum Gasteiger partial charge on any atom is 0.0959 e. The highest BCUT2D eigenvalue weighted by atomic mass is 16.5. The largest absolute Gasteiger partial charge is 0.501 e. The molecule has 0 aliphatic heterocycles. The number of hydrogen-bond acceptors (Lipinski definition) is 1. The quantitative estimate of drug-likeness (QED) is 0.580. The van der Waals surface area contributed by atoms with E-state index in [9.17, 15) is 0 Å². The number of methoxy groups -OCH3 is 1. The zero-order chi connectivity index (χ0) is 9.19. The topological polar surface area (TPSA) is 9.23 Å². The smallest absolute Gasteiger partial charge is 0.0959 e. The van der Waals surface area contributed by atoms with Gasteiger partial charge in [-0.05, 0) is 17.9 Å². The van der Waals surface area contributed by atoms with Crippen LogP contribution in [0.3, 0.4) is 0 Å². The average Bonchev–Trinajstić information content (AvgIpc) is 2.10. The zero-order valence-corrected chi connectivity index (χ0v) is 8.35. The molecule has 1 nitrogen and oxygen atoms in total. The molecule has 0 atom stereocenters. The Labute approximate surface area is 75.1 Å². The lowest BCUT2D eigenvalue weighted by Crippen LogP contribution is -2.08. The Balaban J connectivity index is 2.87. The van der Waals surface area contributed by atoms with Gasteiger partial charge in [0.15, 0.2) is 0 Å². The Hall–Kier alpha value is -0.720. The lowest BCUT2D eigenvalue weighted by atomic mass is 9.89. The Morgan fingerprint density at radius 2 is 2.08 bits per heavy atom. The van der Waals surface area contributed by atoms with Crippen LogP contribution >= 0.6 is 0 Å². The molecule has 0 bridgehead atoms. The van der Waals surface area contributed by atoms with Crippen molar-refractivity contribution >= 4 is 0 Å². The SMILES string of the molecule is COC1=C(C)[CH]C=CC(C)(C)C1. The molecule has 1 aliphatic carbocycles. The molecule has 1 rings (SSSR count). The van der Waals surface area contributed by atoms with Gasteiger partial charge < -0.3 is 4.74 Å². The number of allylic oxidation sites excluding steroid dienone is 4. The van der Waals surface area contributed by atoms with Crippen LogP contribution in [-0.2, 0) is 4.74 Å². The van der Waals surface area contributed by atoms with Gasteiger partial charge in [0.2, 0.25) is 0 Å². The molecular formula is C11H17O. The normalized spacial score (nSPS) is 22.3. The van der Waals surface area contributed by atoms with Gasteiger partial charge in [-0.25, -0.2) is 0 Å². The molecule has 1 heteroatoms. The summed E-state index contributed by atoms with van der Waals surface area (Å²) in [7, 11) is 1.74. The third-order valence-electron chi connectivity index (χ3n) is 2.20. The van der Waals surface area contributed by atoms with Crippen LogP contribution in [-0.4, -0.2) is 7.11 Å². The summed E-state index contributed by atoms with van der Waals surface area (Å²) >= 11 is 0. The lowest BCUT2D eigenvalue weighted by Gasteiger charge is -2.20. The molecule has 0 unspecified atom stereocenters. The van der Waals surface area contributed by atoms with Crippen LogP contribution in [0, 0.1) is 11.8 Å². The Morgan fingerprint density at radius 3 is 2.67 bits per heavy atom. The van der Waals surface area contributed by atoms with E-state index in [0.717, 1.165) is 12.2 Å². The third-order valence-corrected chi connectivity index (χ3v) is 2.20. The second-order valence-corrected chi connectivity index (χ2v) is 4.00. The van der Waals surface area contributed by atoms with Gasteiger partial charge in [0.25, 0.3) is 0 Å². The van der Waals surface area contributed by atoms with Crippen LogP contribution in [0.4, 0.5) is 0 Å². The average molecular weight is 165 g/mol. The predicted octanol–water partition coefficient (Wildman–Crippen LogP) is 3.10. The van der Waals surface area contributed by atoms with E-state index in [0.29, 0.717) is 0 Å². The summed E-state index contributed by atoms with van der Waals surface area (Å²) in [5, 5.41) is 0. The second kappa shape index (κ2) is 3.34. The molecule has 0 aromatic heterocycles. The minimum absolute atomic E-state index is 0.222. The molecule has 1 aliphatic rings. The first-order valence-electron chi connectivity index (χ1n) is 4.31. The molecule has 0 aromatic rings. The minimum atomic E-state index is 0.222. The summed E-state index contributed by atoms with van der Waals surface area (Å²) in [6, 6.07) is 0. The molecule has 0 spiro atoms. The van der Waals surface area contributed by atoms with E-state index < -0.39 is 0 Å². The van der Waals surface area contributed by atoms with Gasteiger partial charge in [0.1, 0.15) is 0 Å². The van der Waals surface area contributed by atoms with Gasteiger partial charge in [-0.1, -0.05) is 26.0 Å². The van der Waals surface area contributed by atoms with E-state index in [4.69, 9.17) is 4.74 Å². The lowest BCUT2D eigenvalue weighted by molar-refractivity contribution is 0.246. The fraction of sp³-hybridized carbons (Fsp3) is 0.545. The van der Waals surface area contributed by atoms with Crippen LogP contribution in [0.1, 0.15) is 27.2 Å². The molecule has 0 saturated heterocycles. The van der Waals surface area contributed by atoms with E-state index in [-0.39, 0.29) is 5.41 Å². The second-order valence-electron chi connectivity index (χ2n) is 4.00. The van der Waals surface area contributed by atoms with Gasteiger partial charge in [0.05, 0.1) is 12.9 Å². The fourth-order valence-corrected chi connectivity index (χ4v) is 1.39. The standard InChI is InChI=1S/C11H17O/c1-9-6-5-7-11(2,3)8-10(9)12-4/h5-7H,8H2,1-4H3. The summed E-state index contributed by atoms with van der Waals surface area (Å²) in [5.41, 5.74) is 1.46. The van der Waals surface area contributed by atoms with E-state index in [1.807, 2.05) is 0 Å². The van der Waals surface area contributed by atoms with Gasteiger partial charge >= 0.3 is 0 Å². The summed E-state index contributed by atoms with van der Waals surface area (Å²) < 4.78 is 5.33. The zero-order valence-electron chi connectivity index (χ0n) is 8.35. The molecule has 12 heavy (non-hydrogen) atoms. The highest BCUT2D eigenvalue weighted by Crippen LogP contribution is 2.32. The summed E-state index contributed by atoms with van der Waals surface area (Å²) in [6.45, 7) is 6.52. The molecule has 0 fully saturated rings. The van der Waals surface area contributed by atoms with Crippen molar-refractivity contribution in [1.29, 1.82) is 0 Å². The molecule has 0 heterocycles. The van der Waals surface area contributed by atoms with Gasteiger partial charge in [-0.3, -0.25) is 0 Å². The summed E-state index contributed by atoms with van der Waals surface area (Å²) in [5.74, 6) is 1.10. The monoisotopic (exact) mass is 165 g/mol. The molecule has 1 radical (unpaired) electrons. The molecule has 0 N–H and O–H groups in total. The third kappa shape index (κ3) is 2.13. The highest BCUT2D eigenvalue weighted by molar-refractivity contribution is 5.27. The number of ether oxygens (including phenoxy) is 1. The highest BCUT2D eigenvalue weighted by Gasteiger charge is 2.20. The minimum Gasteiger partial charge on any atom is -0.501 e. The van der Waals surface area contributed by atoms with Crippen LogP contribution in [0.5, 0.6) is 0 Å². The van der Waals surface area contributed by atoms with Crippen LogP contribution in [0.2, 0.25) is 0 Å². The number of hydrogen-bond donors (Lipinski definition) is 0. The van der Waals surface area contributed by atoms with Gasteiger partial charge in [-0.15, -0.1) is 0 Å². The molecule has 0 saturated carbocycles. The summed E-state index contributed by atoms with van der Waals surface area (Å²) in [6.07, 6.45) is 7.43. The first-order valence-corrected chi connectivity index (χ1v) is 4.31. The molecule has 67 valence electrons. The van der Waals surface area contributed by atoms with Crippen LogP contribution in [0.25, 0.3) is 0 Å². The van der Waals surface area contributed by atoms with E-state index in [1.165, 1.54) is 5.57 Å². The maximum absolute atomic E-state index is 5.33. The van der Waals surface area contributed by atoms with E-state index >= 15 is 0 Å². The van der Waals surface area contributed by atoms with Crippen molar-refractivity contribution in [2.24, 2.45) is 5.41 Å². The van der Waals surface area contributed by atoms with E-state index in [2.05, 4.69) is 39.3 Å². The van der Waals surface area contributed by atoms with Crippen molar-refractivity contribution in [2.75, 3.05) is 7.11 Å². The van der Waals surface area contributed by atoms with Crippen LogP contribution < -0.4 is 0 Å². The van der Waals surface area contributed by atoms with Crippen molar-refractivity contribution in [3.63, 3.8) is 0 Å². The fourth-order valence-electron chi connectivity index (χ4n) is 1.39. The molecule has 0 amide bonds. The van der Waals surface area contributed by atoms with Gasteiger partial charge in [-0.2, -0.15) is 0 Å². The van der Waals surface area contributed by atoms with Crippen molar-refractivity contribution in [3.8, 4) is 0 Å². The first kappa shape index (κ1) is 9.37. The predicted molar refractivity (Wildman–Crippen MR) is 51.5 cm³/mol. The van der Waals surface area contributed by atoms with E-state index in [1.54, 1.807) is 7.11 Å². The Kier molecular flexibility index (Phi) is 2.61. The summed E-state index contributed by atoms with van der Waals surface area (Å²) in [4.78, 5) is 0. The van der Waals surface area contributed by atoms with Crippen molar-refractivity contribution < 1.29 is 4.74 Å². The van der Waals surface area contributed by atoms with Crippen LogP contribution in [0.15, 0.2) is 23.5 Å². The Bertz CT molecular complexity index is 221. The maximum atomic E-state index is 5.33. The molecule has 0 aromatic carbocycles. The molecular weight excluding hydrogens is 148 g/mol. The first-order chi connectivity index (χ1) is 5.55.